The topological polar surface area (TPSA) is 49.3 Å². The van der Waals surface area contributed by atoms with Gasteiger partial charge < -0.3 is 10.4 Å². The second kappa shape index (κ2) is 5.54. The van der Waals surface area contributed by atoms with E-state index in [-0.39, 0.29) is 17.9 Å². The Morgan fingerprint density at radius 2 is 2.33 bits per heavy atom. The molecule has 0 spiro atoms. The quantitative estimate of drug-likeness (QED) is 0.793. The molecular weight excluding hydrogens is 280 g/mol. The minimum atomic E-state index is -2.53. The lowest BCUT2D eigenvalue weighted by molar-refractivity contribution is 0.0936. The maximum atomic E-state index is 12.3. The molecule has 100 valence electrons. The zero-order valence-corrected chi connectivity index (χ0v) is 11.1. The highest BCUT2D eigenvalue weighted by Crippen LogP contribution is 2.44. The van der Waals surface area contributed by atoms with E-state index in [0.29, 0.717) is 28.1 Å². The van der Waals surface area contributed by atoms with E-state index in [1.54, 1.807) is 5.38 Å². The monoisotopic (exact) mass is 293 g/mol. The van der Waals surface area contributed by atoms with Crippen molar-refractivity contribution in [3.63, 3.8) is 0 Å². The fourth-order valence-corrected chi connectivity index (χ4v) is 3.18. The summed E-state index contributed by atoms with van der Waals surface area (Å²) in [5.74, 6) is -2.87. The summed E-state index contributed by atoms with van der Waals surface area (Å²) in [6.45, 7) is 0.454. The summed E-state index contributed by atoms with van der Waals surface area (Å²) in [4.78, 5) is 12.5. The second-order valence-corrected chi connectivity index (χ2v) is 6.28. The Hall–Kier alpha value is -0.660. The summed E-state index contributed by atoms with van der Waals surface area (Å²) in [5, 5.41) is 13.5. The van der Waals surface area contributed by atoms with Gasteiger partial charge in [0.05, 0.1) is 6.61 Å². The fourth-order valence-electron chi connectivity index (χ4n) is 1.57. The molecule has 0 saturated heterocycles. The summed E-state index contributed by atoms with van der Waals surface area (Å²) < 4.78 is 24.6. The number of thioether (sulfide) groups is 1. The van der Waals surface area contributed by atoms with E-state index in [2.05, 4.69) is 5.32 Å². The first kappa shape index (κ1) is 13.8. The molecule has 1 amide bonds. The Balaban J connectivity index is 1.94. The largest absolute Gasteiger partial charge is 0.396 e. The van der Waals surface area contributed by atoms with Crippen LogP contribution in [0.15, 0.2) is 16.3 Å². The molecule has 18 heavy (non-hydrogen) atoms. The van der Waals surface area contributed by atoms with Gasteiger partial charge in [0.2, 0.25) is 0 Å². The first-order chi connectivity index (χ1) is 8.56. The number of carbonyl (C=O) groups is 1. The fraction of sp³-hybridized carbons (Fsp3) is 0.545. The van der Waals surface area contributed by atoms with Crippen LogP contribution in [-0.2, 0) is 0 Å². The summed E-state index contributed by atoms with van der Waals surface area (Å²) in [6, 6.07) is 1.52. The van der Waals surface area contributed by atoms with Crippen molar-refractivity contribution >= 4 is 29.0 Å². The van der Waals surface area contributed by atoms with Gasteiger partial charge in [0.25, 0.3) is 11.7 Å². The molecule has 0 bridgehead atoms. The number of aliphatic hydroxyl groups excluding tert-OH is 1. The molecule has 0 aliphatic heterocycles. The second-order valence-electron chi connectivity index (χ2n) is 4.33. The number of amides is 1. The molecule has 1 fully saturated rings. The number of hydrogen-bond acceptors (Lipinski definition) is 4. The molecule has 1 aromatic heterocycles. The Kier molecular flexibility index (Phi) is 4.24. The number of rotatable bonds is 6. The SMILES string of the molecule is O=C(NCC1(CO)CC1)c1sccc1SC(F)F. The highest BCUT2D eigenvalue weighted by atomic mass is 32.2. The molecule has 0 aromatic carbocycles. The molecule has 2 rings (SSSR count). The molecule has 1 aliphatic rings. The molecule has 0 atom stereocenters. The Labute approximate surface area is 112 Å². The molecule has 1 aromatic rings. The summed E-state index contributed by atoms with van der Waals surface area (Å²) in [6.07, 6.45) is 1.79. The van der Waals surface area contributed by atoms with Crippen molar-refractivity contribution < 1.29 is 18.7 Å². The number of carbonyl (C=O) groups excluding carboxylic acids is 1. The molecule has 1 saturated carbocycles. The van der Waals surface area contributed by atoms with Crippen LogP contribution >= 0.6 is 23.1 Å². The highest BCUT2D eigenvalue weighted by Gasteiger charge is 2.42. The van der Waals surface area contributed by atoms with Crippen molar-refractivity contribution in [1.29, 1.82) is 0 Å². The zero-order valence-electron chi connectivity index (χ0n) is 9.49. The standard InChI is InChI=1S/C11H13F2NO2S2/c12-10(13)18-7-1-4-17-8(7)9(16)14-5-11(6-15)2-3-11/h1,4,10,15H,2-3,5-6H2,(H,14,16). The van der Waals surface area contributed by atoms with Crippen LogP contribution in [0.2, 0.25) is 0 Å². The lowest BCUT2D eigenvalue weighted by Gasteiger charge is -2.12. The van der Waals surface area contributed by atoms with Gasteiger partial charge in [-0.2, -0.15) is 8.78 Å². The predicted molar refractivity (Wildman–Crippen MR) is 67.3 cm³/mol. The summed E-state index contributed by atoms with van der Waals surface area (Å²) in [5.41, 5.74) is -0.178. The highest BCUT2D eigenvalue weighted by molar-refractivity contribution is 7.99. The van der Waals surface area contributed by atoms with Gasteiger partial charge in [0.15, 0.2) is 0 Å². The van der Waals surface area contributed by atoms with Gasteiger partial charge in [-0.3, -0.25) is 4.79 Å². The minimum absolute atomic E-state index is 0.0519. The van der Waals surface area contributed by atoms with Gasteiger partial charge in [-0.15, -0.1) is 11.3 Å². The third-order valence-electron chi connectivity index (χ3n) is 2.97. The molecule has 1 heterocycles. The van der Waals surface area contributed by atoms with E-state index >= 15 is 0 Å². The maximum Gasteiger partial charge on any atom is 0.288 e. The first-order valence-corrected chi connectivity index (χ1v) is 7.24. The van der Waals surface area contributed by atoms with Gasteiger partial charge in [-0.1, -0.05) is 11.8 Å². The van der Waals surface area contributed by atoms with Gasteiger partial charge in [0.1, 0.15) is 4.88 Å². The number of thiophene rings is 1. The summed E-state index contributed by atoms with van der Waals surface area (Å²) >= 11 is 1.53. The van der Waals surface area contributed by atoms with Crippen molar-refractivity contribution in [2.75, 3.05) is 13.2 Å². The third-order valence-corrected chi connectivity index (χ3v) is 4.78. The van der Waals surface area contributed by atoms with E-state index in [0.717, 1.165) is 24.2 Å². The Morgan fingerprint density at radius 1 is 1.61 bits per heavy atom. The molecule has 0 unspecified atom stereocenters. The lowest BCUT2D eigenvalue weighted by atomic mass is 10.1. The van der Waals surface area contributed by atoms with E-state index in [1.807, 2.05) is 0 Å². The maximum absolute atomic E-state index is 12.3. The van der Waals surface area contributed by atoms with E-state index in [9.17, 15) is 13.6 Å². The van der Waals surface area contributed by atoms with E-state index in [4.69, 9.17) is 5.11 Å². The van der Waals surface area contributed by atoms with E-state index in [1.165, 1.54) is 6.07 Å². The van der Waals surface area contributed by atoms with Crippen LogP contribution in [0, 0.1) is 5.41 Å². The lowest BCUT2D eigenvalue weighted by Crippen LogP contribution is -2.31. The van der Waals surface area contributed by atoms with Crippen molar-refractivity contribution in [3.05, 3.63) is 16.3 Å². The van der Waals surface area contributed by atoms with Crippen molar-refractivity contribution in [1.82, 2.24) is 5.32 Å². The smallest absolute Gasteiger partial charge is 0.288 e. The molecular formula is C11H13F2NO2S2. The zero-order chi connectivity index (χ0) is 13.2. The average Bonchev–Trinajstić information content (AvgIpc) is 2.98. The molecule has 1 aliphatic carbocycles. The van der Waals surface area contributed by atoms with Gasteiger partial charge >= 0.3 is 0 Å². The van der Waals surface area contributed by atoms with Gasteiger partial charge in [0, 0.05) is 16.9 Å². The molecule has 3 nitrogen and oxygen atoms in total. The number of alkyl halides is 2. The van der Waals surface area contributed by atoms with Crippen LogP contribution < -0.4 is 5.32 Å². The van der Waals surface area contributed by atoms with Crippen molar-refractivity contribution in [2.24, 2.45) is 5.41 Å². The van der Waals surface area contributed by atoms with Crippen LogP contribution in [0.1, 0.15) is 22.5 Å². The summed E-state index contributed by atoms with van der Waals surface area (Å²) in [7, 11) is 0. The molecule has 0 radical (unpaired) electrons. The molecule has 2 N–H and O–H groups in total. The number of halogens is 2. The average molecular weight is 293 g/mol. The predicted octanol–water partition coefficient (Wildman–Crippen LogP) is 2.57. The Bertz CT molecular complexity index is 432. The number of hydrogen-bond donors (Lipinski definition) is 2. The third kappa shape index (κ3) is 3.21. The molecule has 7 heteroatoms. The van der Waals surface area contributed by atoms with Gasteiger partial charge in [-0.25, -0.2) is 0 Å². The van der Waals surface area contributed by atoms with Gasteiger partial charge in [-0.05, 0) is 24.3 Å². The number of aliphatic hydroxyl groups is 1. The Morgan fingerprint density at radius 3 is 2.89 bits per heavy atom. The minimum Gasteiger partial charge on any atom is -0.396 e. The van der Waals surface area contributed by atoms with Crippen LogP contribution in [0.5, 0.6) is 0 Å². The normalized spacial score (nSPS) is 16.9. The van der Waals surface area contributed by atoms with Crippen molar-refractivity contribution in [3.8, 4) is 0 Å². The number of nitrogens with one attached hydrogen (secondary N) is 1. The van der Waals surface area contributed by atoms with Crippen LogP contribution in [0.4, 0.5) is 8.78 Å². The van der Waals surface area contributed by atoms with Crippen LogP contribution in [-0.4, -0.2) is 29.9 Å². The first-order valence-electron chi connectivity index (χ1n) is 5.48. The van der Waals surface area contributed by atoms with Crippen LogP contribution in [0.25, 0.3) is 0 Å². The van der Waals surface area contributed by atoms with Crippen LogP contribution in [0.3, 0.4) is 0 Å². The van der Waals surface area contributed by atoms with E-state index < -0.39 is 5.76 Å². The van der Waals surface area contributed by atoms with Crippen molar-refractivity contribution in [2.45, 2.75) is 23.5 Å².